The number of fused-ring (bicyclic) bond motifs is 2. The van der Waals surface area contributed by atoms with E-state index in [-0.39, 0.29) is 92.7 Å². The number of carbonyl (C=O) groups excluding carboxylic acids is 3. The number of aliphatic hydroxyl groups excluding tert-OH is 2. The molecule has 2 fully saturated rings. The first-order chi connectivity index (χ1) is 35.4. The Morgan fingerprint density at radius 3 is 2.27 bits per heavy atom. The topological polar surface area (TPSA) is 268 Å². The second-order valence-electron chi connectivity index (χ2n) is 20.9. The molecule has 1 aromatic heterocycles. The lowest BCUT2D eigenvalue weighted by Crippen LogP contribution is -2.47. The normalized spacial score (nSPS) is 27.9. The van der Waals surface area contributed by atoms with Crippen LogP contribution < -0.4 is 31.1 Å². The molecule has 0 radical (unpaired) electrons. The summed E-state index contributed by atoms with van der Waals surface area (Å²) in [4.78, 5) is 78.1. The molecule has 1 saturated carbocycles. The maximum Gasteiger partial charge on any atom is 0.341 e. The van der Waals surface area contributed by atoms with E-state index in [0.717, 1.165) is 18.9 Å². The van der Waals surface area contributed by atoms with E-state index in [1.807, 2.05) is 0 Å². The van der Waals surface area contributed by atoms with Gasteiger partial charge < -0.3 is 59.3 Å². The number of allylic oxidation sites excluding steroid dienone is 2. The number of aromatic nitrogens is 1. The van der Waals surface area contributed by atoms with Gasteiger partial charge in [-0.3, -0.25) is 24.2 Å². The summed E-state index contributed by atoms with van der Waals surface area (Å²) in [5.41, 5.74) is -1.57. The lowest BCUT2D eigenvalue weighted by atomic mass is 9.78. The molecule has 19 nitrogen and oxygen atoms in total. The van der Waals surface area contributed by atoms with Crippen LogP contribution in [0.2, 0.25) is 0 Å². The number of rotatable bonds is 5. The molecule has 4 bridgehead atoms. The number of hydrogen-bond donors (Lipinski definition) is 6. The summed E-state index contributed by atoms with van der Waals surface area (Å²) in [6, 6.07) is 2.60. The Bertz CT molecular complexity index is 3380. The van der Waals surface area contributed by atoms with Gasteiger partial charge >= 0.3 is 17.7 Å². The van der Waals surface area contributed by atoms with Crippen LogP contribution in [0.1, 0.15) is 106 Å². The number of Topliss-reactive ketones (excluding diaryl/α,β-unsaturated/α-hetero) is 1. The quantitative estimate of drug-likeness (QED) is 0.102. The third-order valence-corrected chi connectivity index (χ3v) is 15.8. The third kappa shape index (κ3) is 9.09. The van der Waals surface area contributed by atoms with Crippen LogP contribution in [0.3, 0.4) is 0 Å². The monoisotopic (exact) mass is 1040 g/mol. The van der Waals surface area contributed by atoms with E-state index in [4.69, 9.17) is 23.9 Å². The van der Waals surface area contributed by atoms with E-state index in [1.54, 1.807) is 55.4 Å². The van der Waals surface area contributed by atoms with Gasteiger partial charge in [-0.05, 0) is 44.9 Å². The highest BCUT2D eigenvalue weighted by molar-refractivity contribution is 6.21. The van der Waals surface area contributed by atoms with Gasteiger partial charge in [0.25, 0.3) is 11.7 Å². The zero-order valence-corrected chi connectivity index (χ0v) is 43.1. The first kappa shape index (κ1) is 52.7. The fourth-order valence-electron chi connectivity index (χ4n) is 11.1. The average molecular weight is 1040 g/mol. The number of piperidine rings is 1. The number of aliphatic hydroxyl groups is 2. The summed E-state index contributed by atoms with van der Waals surface area (Å²) in [7, 11) is 1.43. The highest BCUT2D eigenvalue weighted by atomic mass is 19.1. The van der Waals surface area contributed by atoms with Gasteiger partial charge in [-0.25, -0.2) is 14.2 Å². The summed E-state index contributed by atoms with van der Waals surface area (Å²) in [5.74, 6) is -10.1. The molecule has 9 atom stereocenters. The molecule has 1 amide bonds. The van der Waals surface area contributed by atoms with E-state index in [0.29, 0.717) is 5.52 Å². The van der Waals surface area contributed by atoms with Crippen LogP contribution >= 0.6 is 0 Å². The zero-order chi connectivity index (χ0) is 54.3. The fraction of sp³-hybridized carbons (Fsp3) is 0.473. The molecule has 6 N–H and O–H groups in total. The summed E-state index contributed by atoms with van der Waals surface area (Å²) in [6.45, 7) is 12.9. The fourth-order valence-corrected chi connectivity index (χ4v) is 11.1. The van der Waals surface area contributed by atoms with E-state index in [9.17, 15) is 49.5 Å². The minimum absolute atomic E-state index is 0.00427. The molecule has 9 rings (SSSR count). The Kier molecular flexibility index (Phi) is 13.7. The highest BCUT2D eigenvalue weighted by Gasteiger charge is 2.51. The molecular formula is C55H62FN5O14. The number of aromatic carboxylic acids is 1. The van der Waals surface area contributed by atoms with Gasteiger partial charge in [-0.15, -0.1) is 0 Å². The number of ether oxygens (including phenoxy) is 4. The van der Waals surface area contributed by atoms with Crippen molar-refractivity contribution in [1.29, 1.82) is 0 Å². The van der Waals surface area contributed by atoms with Crippen molar-refractivity contribution in [2.24, 2.45) is 33.7 Å². The highest BCUT2D eigenvalue weighted by Crippen LogP contribution is 2.51. The predicted molar refractivity (Wildman–Crippen MR) is 272 cm³/mol. The second kappa shape index (κ2) is 19.5. The molecule has 0 unspecified atom stereocenters. The number of pyridine rings is 1. The first-order valence-corrected chi connectivity index (χ1v) is 25.1. The summed E-state index contributed by atoms with van der Waals surface area (Å²) in [6.07, 6.45) is 6.63. The van der Waals surface area contributed by atoms with E-state index in [2.05, 4.69) is 10.3 Å². The van der Waals surface area contributed by atoms with Gasteiger partial charge in [0.15, 0.2) is 5.75 Å². The lowest BCUT2D eigenvalue weighted by Gasteiger charge is -2.39. The number of halogens is 1. The first-order valence-electron chi connectivity index (χ1n) is 25.1. The number of phenols is 2. The zero-order valence-electron chi connectivity index (χ0n) is 43.1. The van der Waals surface area contributed by atoms with Gasteiger partial charge in [-0.1, -0.05) is 45.9 Å². The second-order valence-corrected chi connectivity index (χ2v) is 20.9. The van der Waals surface area contributed by atoms with Gasteiger partial charge in [0.2, 0.25) is 5.43 Å². The Balaban J connectivity index is 1.16. The lowest BCUT2D eigenvalue weighted by molar-refractivity contribution is -0.160. The van der Waals surface area contributed by atoms with Crippen LogP contribution in [0.4, 0.5) is 15.8 Å². The molecule has 4 aromatic rings. The van der Waals surface area contributed by atoms with Gasteiger partial charge in [0.1, 0.15) is 45.4 Å². The Morgan fingerprint density at radius 2 is 1.63 bits per heavy atom. The summed E-state index contributed by atoms with van der Waals surface area (Å²) < 4.78 is 42.0. The number of nitrogens with one attached hydrogen (secondary N) is 1. The number of carboxylic acid groups (broad SMARTS) is 1. The molecule has 75 heavy (non-hydrogen) atoms. The van der Waals surface area contributed by atoms with E-state index < -0.39 is 111 Å². The van der Waals surface area contributed by atoms with E-state index >= 15 is 4.39 Å². The van der Waals surface area contributed by atoms with Gasteiger partial charge in [-0.2, -0.15) is 0 Å². The number of aromatic hydroxyl groups is 2. The van der Waals surface area contributed by atoms with Crippen LogP contribution in [0, 0.1) is 36.4 Å². The molecular weight excluding hydrogens is 974 g/mol. The number of carbonyl (C=O) groups is 4. The van der Waals surface area contributed by atoms with Crippen LogP contribution in [0.25, 0.3) is 21.7 Å². The van der Waals surface area contributed by atoms with Crippen LogP contribution in [-0.2, 0) is 23.8 Å². The molecule has 1 spiro atoms. The van der Waals surface area contributed by atoms with Crippen molar-refractivity contribution < 1.29 is 68.0 Å². The Hall–Kier alpha value is -7.16. The van der Waals surface area contributed by atoms with Crippen molar-refractivity contribution in [1.82, 2.24) is 4.57 Å². The molecule has 1 aliphatic carbocycles. The number of hydrogen-bond acceptors (Lipinski definition) is 16. The van der Waals surface area contributed by atoms with Gasteiger partial charge in [0, 0.05) is 105 Å². The smallest absolute Gasteiger partial charge is 0.341 e. The predicted octanol–water partition coefficient (Wildman–Crippen LogP) is 5.79. The number of phenolic OH excluding ortho intramolecular Hbond substituents is 2. The SMILES string of the molecule is CO[C@H]1C=CO[C@@]2(C)Oc3c(C)c(O)c4c(O)c(c5c(c4c3C2=O)NC2(CCN(c3cc4c(cc3F)c(=O)c(C(=O)O)cn4C3CC3)CC2)N=5)=NC(=O)C(C)=CC=C[C@H](C)[C@H](O)[C@@H](C)[C@@H](O)[C@@H](C)[C@H](OC(C)=O)[C@@H]1C. The number of amides is 1. The minimum Gasteiger partial charge on any atom is -0.507 e. The number of ketones is 1. The van der Waals surface area contributed by atoms with Gasteiger partial charge in [0.05, 0.1) is 52.4 Å². The molecule has 4 aliphatic heterocycles. The number of carboxylic acids is 1. The maximum absolute atomic E-state index is 16.2. The van der Waals surface area contributed by atoms with Crippen LogP contribution in [-0.4, -0.2) is 110 Å². The van der Waals surface area contributed by atoms with E-state index in [1.165, 1.54) is 59.4 Å². The molecule has 20 heteroatoms. The number of anilines is 2. The standard InChI is InChI=1S/C55H62FN5O14/c1-24-11-10-12-25(2)52(69)57-43-42-41(58-55(59-42)16-18-60(19-17-55)36-22-35-32(21-34(36)56)47(66)33(53(70)71)23-61(35)31-13-14-31)38-39(48(43)67)46(65)29(6)50-40(38)51(68)54(8,75-50)73-20-15-37(72-9)26(3)49(74-30(7)62)28(5)45(64)27(4)44(24)63/h10-12,15,20-24,26-28,31,37,44-45,49,58,63-65,67H,13-14,16-19H2,1-9H3,(H,70,71)/t24-,26+,27+,28+,37-,44-,45+,49+,54-/m0/s1. The third-order valence-electron chi connectivity index (χ3n) is 15.8. The largest absolute Gasteiger partial charge is 0.507 e. The summed E-state index contributed by atoms with van der Waals surface area (Å²) >= 11 is 0. The molecule has 5 heterocycles. The number of esters is 1. The van der Waals surface area contributed by atoms with Crippen molar-refractivity contribution in [2.45, 2.75) is 123 Å². The number of benzene rings is 3. The van der Waals surface area contributed by atoms with Crippen molar-refractivity contribution >= 4 is 56.7 Å². The van der Waals surface area contributed by atoms with Crippen molar-refractivity contribution in [3.8, 4) is 17.2 Å². The Labute approximate surface area is 430 Å². The van der Waals surface area contributed by atoms with Crippen molar-refractivity contribution in [3.63, 3.8) is 0 Å². The van der Waals surface area contributed by atoms with Crippen LogP contribution in [0.5, 0.6) is 17.2 Å². The number of methoxy groups -OCH3 is 1. The molecule has 398 valence electrons. The van der Waals surface area contributed by atoms with Crippen molar-refractivity contribution in [3.05, 3.63) is 97.9 Å². The molecule has 1 saturated heterocycles. The van der Waals surface area contributed by atoms with Crippen molar-refractivity contribution in [2.75, 3.05) is 30.4 Å². The average Bonchev–Trinajstić information content (AvgIpc) is 4.11. The number of nitrogens with zero attached hydrogens (tertiary/aromatic N) is 4. The van der Waals surface area contributed by atoms with Crippen LogP contribution in [0.15, 0.2) is 69.2 Å². The molecule has 5 aliphatic rings. The maximum atomic E-state index is 16.2. The summed E-state index contributed by atoms with van der Waals surface area (Å²) in [5, 5.41) is 60.1. The Morgan fingerprint density at radius 1 is 0.933 bits per heavy atom. The molecule has 3 aromatic carbocycles. The minimum atomic E-state index is -2.07.